The van der Waals surface area contributed by atoms with Crippen LogP contribution in [0.1, 0.15) is 23.1 Å². The van der Waals surface area contributed by atoms with Gasteiger partial charge in [0.25, 0.3) is 0 Å². The number of hydrogen-bond donors (Lipinski definition) is 1. The van der Waals surface area contributed by atoms with E-state index >= 15 is 0 Å². The molecule has 0 aliphatic heterocycles. The summed E-state index contributed by atoms with van der Waals surface area (Å²) in [6.07, 6.45) is 0.409. The second-order valence-electron chi connectivity index (χ2n) is 6.48. The Morgan fingerprint density at radius 1 is 1.04 bits per heavy atom. The lowest BCUT2D eigenvalue weighted by Crippen LogP contribution is -2.35. The van der Waals surface area contributed by atoms with Crippen molar-refractivity contribution in [2.75, 3.05) is 24.7 Å². The van der Waals surface area contributed by atoms with Crippen molar-refractivity contribution in [2.24, 2.45) is 0 Å². The molecule has 26 heavy (non-hydrogen) atoms. The van der Waals surface area contributed by atoms with Crippen LogP contribution >= 0.6 is 11.8 Å². The zero-order chi connectivity index (χ0) is 19.1. The van der Waals surface area contributed by atoms with Crippen molar-refractivity contribution in [3.63, 3.8) is 0 Å². The molecule has 0 saturated carbocycles. The number of nitrogens with one attached hydrogen (secondary N) is 1. The number of rotatable bonds is 7. The van der Waals surface area contributed by atoms with E-state index < -0.39 is 0 Å². The Morgan fingerprint density at radius 3 is 2.27 bits per heavy atom. The number of amides is 2. The third-order valence-electron chi connectivity index (χ3n) is 4.08. The van der Waals surface area contributed by atoms with Crippen molar-refractivity contribution in [3.05, 3.63) is 59.2 Å². The van der Waals surface area contributed by atoms with Crippen LogP contribution in [-0.4, -0.2) is 36.1 Å². The second kappa shape index (κ2) is 9.43. The molecule has 0 bridgehead atoms. The lowest BCUT2D eigenvalue weighted by molar-refractivity contribution is -0.132. The normalized spacial score (nSPS) is 10.5. The van der Waals surface area contributed by atoms with Gasteiger partial charge in [0, 0.05) is 29.8 Å². The van der Waals surface area contributed by atoms with Crippen LogP contribution in [0.15, 0.2) is 47.4 Å². The summed E-state index contributed by atoms with van der Waals surface area (Å²) >= 11 is 1.64. The topological polar surface area (TPSA) is 49.4 Å². The zero-order valence-electron chi connectivity index (χ0n) is 15.8. The van der Waals surface area contributed by atoms with Crippen LogP contribution in [0.4, 0.5) is 5.69 Å². The summed E-state index contributed by atoms with van der Waals surface area (Å²) in [7, 11) is 1.67. The van der Waals surface area contributed by atoms with E-state index in [0.29, 0.717) is 12.2 Å². The molecule has 0 heterocycles. The lowest BCUT2D eigenvalue weighted by Gasteiger charge is -2.18. The Morgan fingerprint density at radius 2 is 1.65 bits per heavy atom. The maximum Gasteiger partial charge on any atom is 0.243 e. The first-order valence-electron chi connectivity index (χ1n) is 8.66. The van der Waals surface area contributed by atoms with Crippen molar-refractivity contribution < 1.29 is 9.59 Å². The average molecular weight is 371 g/mol. The third-order valence-corrected chi connectivity index (χ3v) is 5.09. The van der Waals surface area contributed by atoms with Gasteiger partial charge in [0.1, 0.15) is 0 Å². The standard InChI is InChI=1S/C21H26N2O2S/c1-15-12-16(2)21(17(3)13-15)22-19(24)14-23(4)20(25)10-11-26-18-8-6-5-7-9-18/h5-9,12-13H,10-11,14H2,1-4H3,(H,22,24). The summed E-state index contributed by atoms with van der Waals surface area (Å²) in [6.45, 7) is 6.05. The maximum atomic E-state index is 12.3. The molecular weight excluding hydrogens is 344 g/mol. The minimum absolute atomic E-state index is 0.0269. The largest absolute Gasteiger partial charge is 0.336 e. The number of carbonyl (C=O) groups is 2. The molecule has 2 aromatic carbocycles. The van der Waals surface area contributed by atoms with Gasteiger partial charge in [0.15, 0.2) is 0 Å². The fourth-order valence-electron chi connectivity index (χ4n) is 2.82. The number of anilines is 1. The fourth-order valence-corrected chi connectivity index (χ4v) is 3.69. The van der Waals surface area contributed by atoms with E-state index in [0.717, 1.165) is 21.7 Å². The molecule has 0 aliphatic rings. The van der Waals surface area contributed by atoms with Gasteiger partial charge in [-0.3, -0.25) is 9.59 Å². The van der Waals surface area contributed by atoms with Gasteiger partial charge in [-0.1, -0.05) is 35.9 Å². The van der Waals surface area contributed by atoms with E-state index in [2.05, 4.69) is 5.32 Å². The summed E-state index contributed by atoms with van der Waals surface area (Å²) in [4.78, 5) is 27.2. The first-order valence-corrected chi connectivity index (χ1v) is 9.65. The van der Waals surface area contributed by atoms with Crippen molar-refractivity contribution in [3.8, 4) is 0 Å². The Bertz CT molecular complexity index is 752. The van der Waals surface area contributed by atoms with E-state index in [4.69, 9.17) is 0 Å². The minimum atomic E-state index is -0.174. The highest BCUT2D eigenvalue weighted by atomic mass is 32.2. The third kappa shape index (κ3) is 5.92. The molecule has 0 aromatic heterocycles. The highest BCUT2D eigenvalue weighted by Gasteiger charge is 2.14. The summed E-state index contributed by atoms with van der Waals surface area (Å²) in [6, 6.07) is 14.1. The molecule has 4 nitrogen and oxygen atoms in total. The number of hydrogen-bond acceptors (Lipinski definition) is 3. The minimum Gasteiger partial charge on any atom is -0.336 e. The molecule has 0 saturated heterocycles. The summed E-state index contributed by atoms with van der Waals surface area (Å²) in [5.74, 6) is 0.498. The van der Waals surface area contributed by atoms with Gasteiger partial charge in [-0.15, -0.1) is 11.8 Å². The predicted molar refractivity (Wildman–Crippen MR) is 109 cm³/mol. The van der Waals surface area contributed by atoms with Crippen LogP contribution in [0.5, 0.6) is 0 Å². The molecule has 0 spiro atoms. The first kappa shape index (κ1) is 20.0. The van der Waals surface area contributed by atoms with Gasteiger partial charge in [-0.05, 0) is 44.0 Å². The maximum absolute atomic E-state index is 12.3. The zero-order valence-corrected chi connectivity index (χ0v) is 16.7. The first-order chi connectivity index (χ1) is 12.4. The Labute approximate surface area is 160 Å². The molecule has 0 fully saturated rings. The van der Waals surface area contributed by atoms with E-state index in [1.54, 1.807) is 18.8 Å². The number of nitrogens with zero attached hydrogens (tertiary/aromatic N) is 1. The second-order valence-corrected chi connectivity index (χ2v) is 7.65. The highest BCUT2D eigenvalue weighted by molar-refractivity contribution is 7.99. The molecule has 2 rings (SSSR count). The molecule has 2 aromatic rings. The van der Waals surface area contributed by atoms with E-state index in [9.17, 15) is 9.59 Å². The molecule has 0 radical (unpaired) electrons. The van der Waals surface area contributed by atoms with Crippen molar-refractivity contribution >= 4 is 29.3 Å². The summed E-state index contributed by atoms with van der Waals surface area (Å²) in [5, 5.41) is 2.94. The summed E-state index contributed by atoms with van der Waals surface area (Å²) in [5.41, 5.74) is 4.07. The van der Waals surface area contributed by atoms with E-state index in [1.165, 1.54) is 10.5 Å². The van der Waals surface area contributed by atoms with Gasteiger partial charge >= 0.3 is 0 Å². The van der Waals surface area contributed by atoms with Crippen molar-refractivity contribution in [2.45, 2.75) is 32.1 Å². The number of likely N-dealkylation sites (N-methyl/N-ethyl adjacent to an activating group) is 1. The van der Waals surface area contributed by atoms with E-state index in [-0.39, 0.29) is 18.4 Å². The van der Waals surface area contributed by atoms with Gasteiger partial charge < -0.3 is 10.2 Å². The fraction of sp³-hybridized carbons (Fsp3) is 0.333. The molecule has 0 unspecified atom stereocenters. The molecule has 138 valence electrons. The van der Waals surface area contributed by atoms with Gasteiger partial charge in [-0.25, -0.2) is 0 Å². The molecule has 0 atom stereocenters. The van der Waals surface area contributed by atoms with Gasteiger partial charge in [0.2, 0.25) is 11.8 Å². The SMILES string of the molecule is Cc1cc(C)c(NC(=O)CN(C)C(=O)CCSc2ccccc2)c(C)c1. The number of carbonyl (C=O) groups excluding carboxylic acids is 2. The monoisotopic (exact) mass is 370 g/mol. The Hall–Kier alpha value is -2.27. The van der Waals surface area contributed by atoms with Crippen LogP contribution in [0.3, 0.4) is 0 Å². The predicted octanol–water partition coefficient (Wildman–Crippen LogP) is 4.19. The van der Waals surface area contributed by atoms with Crippen LogP contribution in [0, 0.1) is 20.8 Å². The average Bonchev–Trinajstić information content (AvgIpc) is 2.59. The molecule has 1 N–H and O–H groups in total. The van der Waals surface area contributed by atoms with Gasteiger partial charge in [-0.2, -0.15) is 0 Å². The smallest absolute Gasteiger partial charge is 0.243 e. The van der Waals surface area contributed by atoms with Crippen LogP contribution < -0.4 is 5.32 Å². The Kier molecular flexibility index (Phi) is 7.27. The number of aryl methyl sites for hydroxylation is 3. The van der Waals surface area contributed by atoms with E-state index in [1.807, 2.05) is 63.2 Å². The van der Waals surface area contributed by atoms with Crippen LogP contribution in [0.25, 0.3) is 0 Å². The molecule has 5 heteroatoms. The van der Waals surface area contributed by atoms with Crippen molar-refractivity contribution in [1.82, 2.24) is 4.90 Å². The van der Waals surface area contributed by atoms with Gasteiger partial charge in [0.05, 0.1) is 6.54 Å². The molecular formula is C21H26N2O2S. The number of benzene rings is 2. The number of thioether (sulfide) groups is 1. The van der Waals surface area contributed by atoms with Crippen LogP contribution in [0.2, 0.25) is 0 Å². The quantitative estimate of drug-likeness (QED) is 0.744. The Balaban J connectivity index is 1.82. The summed E-state index contributed by atoms with van der Waals surface area (Å²) < 4.78 is 0. The highest BCUT2D eigenvalue weighted by Crippen LogP contribution is 2.22. The molecule has 0 aliphatic carbocycles. The lowest BCUT2D eigenvalue weighted by atomic mass is 10.1. The van der Waals surface area contributed by atoms with Crippen LogP contribution in [-0.2, 0) is 9.59 Å². The molecule has 2 amide bonds. The van der Waals surface area contributed by atoms with Crippen molar-refractivity contribution in [1.29, 1.82) is 0 Å².